The van der Waals surface area contributed by atoms with Gasteiger partial charge in [-0.1, -0.05) is 35.7 Å². The molecule has 2 N–H and O–H groups in total. The number of aromatic nitrogens is 2. The van der Waals surface area contributed by atoms with E-state index in [1.54, 1.807) is 24.3 Å². The first kappa shape index (κ1) is 35.7. The molecule has 2 aromatic heterocycles. The summed E-state index contributed by atoms with van der Waals surface area (Å²) in [6.07, 6.45) is 0.447. The number of ether oxygens (including phenoxy) is 2. The minimum absolute atomic E-state index is 0.140. The largest absolute Gasteiger partial charge is 0.494 e. The average molecular weight is 751 g/mol. The van der Waals surface area contributed by atoms with Crippen LogP contribution in [-0.2, 0) is 16.0 Å². The van der Waals surface area contributed by atoms with Gasteiger partial charge in [-0.2, -0.15) is 10.5 Å². The van der Waals surface area contributed by atoms with Crippen LogP contribution in [0.3, 0.4) is 0 Å². The predicted molar refractivity (Wildman–Crippen MR) is 205 cm³/mol. The fraction of sp³-hybridized carbons (Fsp3) is 0.189. The number of benzene rings is 4. The van der Waals surface area contributed by atoms with Crippen molar-refractivity contribution >= 4 is 89.8 Å². The number of nitriles is 2. The molecule has 2 heterocycles. The molecule has 0 unspecified atom stereocenters. The first-order valence-electron chi connectivity index (χ1n) is 15.8. The van der Waals surface area contributed by atoms with Crippen molar-refractivity contribution in [3.63, 3.8) is 0 Å². The number of carbonyl (C=O) groups excluding carboxylic acids is 2. The Kier molecular flexibility index (Phi) is 11.7. The van der Waals surface area contributed by atoms with Crippen molar-refractivity contribution in [3.05, 3.63) is 95.1 Å². The highest BCUT2D eigenvalue weighted by atomic mass is 32.2. The molecule has 0 saturated carbocycles. The monoisotopic (exact) mass is 750 g/mol. The zero-order valence-electron chi connectivity index (χ0n) is 27.5. The molecule has 0 atom stereocenters. The topological polar surface area (TPSA) is 150 Å². The van der Waals surface area contributed by atoms with Gasteiger partial charge in [0.2, 0.25) is 11.8 Å². The van der Waals surface area contributed by atoms with Crippen molar-refractivity contribution in [2.24, 2.45) is 0 Å². The number of rotatable bonds is 14. The van der Waals surface area contributed by atoms with Crippen LogP contribution in [0.25, 0.3) is 20.4 Å². The van der Waals surface area contributed by atoms with Gasteiger partial charge < -0.3 is 20.1 Å². The lowest BCUT2D eigenvalue weighted by Gasteiger charge is -2.11. The van der Waals surface area contributed by atoms with Crippen molar-refractivity contribution in [2.45, 2.75) is 28.9 Å². The molecular weight excluding hydrogens is 721 g/mol. The third kappa shape index (κ3) is 9.17. The maximum atomic E-state index is 12.8. The van der Waals surface area contributed by atoms with Crippen LogP contribution >= 0.6 is 46.2 Å². The lowest BCUT2D eigenvalue weighted by molar-refractivity contribution is -0.114. The molecule has 0 aliphatic carbocycles. The number of hydrogen-bond donors (Lipinski definition) is 2. The average Bonchev–Trinajstić information content (AvgIpc) is 3.74. The summed E-state index contributed by atoms with van der Waals surface area (Å²) < 4.78 is 14.6. The first-order valence-corrected chi connectivity index (χ1v) is 19.4. The molecule has 0 aliphatic heterocycles. The Hall–Kier alpha value is -5.12. The Balaban J connectivity index is 1.03. The normalized spacial score (nSPS) is 10.8. The van der Waals surface area contributed by atoms with Gasteiger partial charge in [-0.05, 0) is 92.1 Å². The van der Waals surface area contributed by atoms with Gasteiger partial charge in [0, 0.05) is 0 Å². The van der Waals surface area contributed by atoms with Crippen molar-refractivity contribution in [2.75, 3.05) is 35.4 Å². The zero-order chi connectivity index (χ0) is 35.7. The summed E-state index contributed by atoms with van der Waals surface area (Å²) in [6.45, 7) is 5.03. The quantitative estimate of drug-likeness (QED) is 0.104. The fourth-order valence-corrected chi connectivity index (χ4v) is 8.87. The van der Waals surface area contributed by atoms with Crippen LogP contribution in [0.15, 0.2) is 81.5 Å². The highest BCUT2D eigenvalue weighted by molar-refractivity contribution is 8.02. The highest BCUT2D eigenvalue weighted by Gasteiger charge is 2.14. The number of fused-ring (bicyclic) bond motifs is 2. The molecule has 51 heavy (non-hydrogen) atoms. The van der Waals surface area contributed by atoms with E-state index in [4.69, 9.17) is 9.47 Å². The van der Waals surface area contributed by atoms with Gasteiger partial charge in [0.15, 0.2) is 8.68 Å². The molecular formula is C37H30N6O4S4. The Labute approximate surface area is 310 Å². The summed E-state index contributed by atoms with van der Waals surface area (Å²) >= 11 is 5.67. The summed E-state index contributed by atoms with van der Waals surface area (Å²) in [5, 5.41) is 25.4. The summed E-state index contributed by atoms with van der Waals surface area (Å²) in [6, 6.07) is 26.4. The molecule has 0 fully saturated rings. The number of carbonyl (C=O) groups is 2. The SMILES string of the molecule is CCOc1ccc2nc(SCC(=O)Nc3ccc(Cc4ccc(NC(=O)CSc5nc6ccc(OCC)cc6s5)c(C#N)c4)cc3C#N)sc2c1. The third-order valence-electron chi connectivity index (χ3n) is 7.32. The highest BCUT2D eigenvalue weighted by Crippen LogP contribution is 2.33. The number of thiazole rings is 2. The molecule has 2 amide bonds. The minimum Gasteiger partial charge on any atom is -0.494 e. The van der Waals surface area contributed by atoms with Crippen molar-refractivity contribution < 1.29 is 19.1 Å². The van der Waals surface area contributed by atoms with E-state index >= 15 is 0 Å². The Morgan fingerprint density at radius 1 is 0.686 bits per heavy atom. The van der Waals surface area contributed by atoms with Crippen molar-refractivity contribution in [3.8, 4) is 23.6 Å². The van der Waals surface area contributed by atoms with Crippen LogP contribution in [0.2, 0.25) is 0 Å². The van der Waals surface area contributed by atoms with E-state index in [9.17, 15) is 20.1 Å². The van der Waals surface area contributed by atoms with Crippen LogP contribution in [0, 0.1) is 22.7 Å². The molecule has 6 rings (SSSR count). The third-order valence-corrected chi connectivity index (χ3v) is 11.6. The molecule has 0 spiro atoms. The maximum absolute atomic E-state index is 12.8. The van der Waals surface area contributed by atoms with E-state index in [1.165, 1.54) is 46.2 Å². The van der Waals surface area contributed by atoms with Gasteiger partial charge in [0.25, 0.3) is 0 Å². The Morgan fingerprint density at radius 3 is 1.55 bits per heavy atom. The molecule has 0 radical (unpaired) electrons. The fourth-order valence-electron chi connectivity index (χ4n) is 5.07. The molecule has 0 saturated heterocycles. The molecule has 256 valence electrons. The predicted octanol–water partition coefficient (Wildman–Crippen LogP) is 8.50. The molecule has 0 aliphatic rings. The molecule has 4 aromatic carbocycles. The Morgan fingerprint density at radius 2 is 1.14 bits per heavy atom. The molecule has 6 aromatic rings. The molecule has 0 bridgehead atoms. The first-order chi connectivity index (χ1) is 24.8. The number of hydrogen-bond acceptors (Lipinski definition) is 12. The summed E-state index contributed by atoms with van der Waals surface area (Å²) in [5.41, 5.74) is 4.88. The lowest BCUT2D eigenvalue weighted by atomic mass is 10.00. The van der Waals surface area contributed by atoms with Gasteiger partial charge in [-0.25, -0.2) is 9.97 Å². The number of amides is 2. The number of nitrogens with one attached hydrogen (secondary N) is 2. The van der Waals surface area contributed by atoms with Gasteiger partial charge in [0.1, 0.15) is 23.6 Å². The van der Waals surface area contributed by atoms with Crippen LogP contribution in [0.5, 0.6) is 11.5 Å². The standard InChI is InChI=1S/C37H30N6O4S4/c1-3-46-26-7-11-30-32(16-26)50-36(42-30)48-20-34(44)40-28-9-5-22(14-24(28)18-38)13-23-6-10-29(25(15-23)19-39)41-35(45)21-49-37-43-31-12-8-27(47-4-2)17-33(31)51-37/h5-12,14-17H,3-4,13,20-21H2,1-2H3,(H,40,44)(H,41,45). The molecule has 10 nitrogen and oxygen atoms in total. The van der Waals surface area contributed by atoms with E-state index in [0.717, 1.165) is 51.7 Å². The zero-order valence-corrected chi connectivity index (χ0v) is 30.8. The second-order valence-corrected chi connectivity index (χ2v) is 15.4. The van der Waals surface area contributed by atoms with Gasteiger partial charge in [-0.3, -0.25) is 9.59 Å². The van der Waals surface area contributed by atoms with Crippen LogP contribution in [-0.4, -0.2) is 46.5 Å². The Bertz CT molecular complexity index is 2160. The lowest BCUT2D eigenvalue weighted by Crippen LogP contribution is -2.15. The molecule has 14 heteroatoms. The number of thioether (sulfide) groups is 2. The van der Waals surface area contributed by atoms with Gasteiger partial charge in [0.05, 0.1) is 67.7 Å². The van der Waals surface area contributed by atoms with E-state index < -0.39 is 0 Å². The summed E-state index contributed by atoms with van der Waals surface area (Å²) in [5.74, 6) is 1.36. The second kappa shape index (κ2) is 16.7. The van der Waals surface area contributed by atoms with E-state index in [2.05, 4.69) is 32.7 Å². The minimum atomic E-state index is -0.246. The van der Waals surface area contributed by atoms with Gasteiger partial charge >= 0.3 is 0 Å². The van der Waals surface area contributed by atoms with Crippen LogP contribution < -0.4 is 20.1 Å². The summed E-state index contributed by atoms with van der Waals surface area (Å²) in [7, 11) is 0. The van der Waals surface area contributed by atoms with E-state index in [-0.39, 0.29) is 23.3 Å². The smallest absolute Gasteiger partial charge is 0.234 e. The van der Waals surface area contributed by atoms with Crippen LogP contribution in [0.4, 0.5) is 11.4 Å². The van der Waals surface area contributed by atoms with Crippen molar-refractivity contribution in [1.29, 1.82) is 10.5 Å². The number of nitrogens with zero attached hydrogens (tertiary/aromatic N) is 4. The maximum Gasteiger partial charge on any atom is 0.234 e. The summed E-state index contributed by atoms with van der Waals surface area (Å²) in [4.78, 5) is 34.8. The number of anilines is 2. The van der Waals surface area contributed by atoms with E-state index in [0.29, 0.717) is 42.1 Å². The van der Waals surface area contributed by atoms with Crippen molar-refractivity contribution in [1.82, 2.24) is 9.97 Å². The second-order valence-electron chi connectivity index (χ2n) is 10.9. The van der Waals surface area contributed by atoms with E-state index in [1.807, 2.05) is 62.4 Å². The van der Waals surface area contributed by atoms with Gasteiger partial charge in [-0.15, -0.1) is 22.7 Å². The van der Waals surface area contributed by atoms with Crippen LogP contribution in [0.1, 0.15) is 36.1 Å².